The highest BCUT2D eigenvalue weighted by molar-refractivity contribution is 9.10. The molecule has 1 aromatic heterocycles. The van der Waals surface area contributed by atoms with Crippen LogP contribution in [0.3, 0.4) is 0 Å². The fourth-order valence-corrected chi connectivity index (χ4v) is 3.00. The molecule has 1 heterocycles. The lowest BCUT2D eigenvalue weighted by Gasteiger charge is -2.14. The molecule has 0 aliphatic heterocycles. The highest BCUT2D eigenvalue weighted by Gasteiger charge is 2.19. The Labute approximate surface area is 131 Å². The smallest absolute Gasteiger partial charge is 0.252 e. The standard InChI is InChI=1S/C14H15BrN2O2S/c1-7(13-8(2)17-19-9(13)3)16-14(18)11-5-4-10(15)6-12(11)20/h4-7,20H,1-3H3,(H,16,18). The maximum Gasteiger partial charge on any atom is 0.252 e. The molecule has 0 aliphatic rings. The van der Waals surface area contributed by atoms with Gasteiger partial charge in [0.05, 0.1) is 17.3 Å². The first-order chi connectivity index (χ1) is 9.40. The van der Waals surface area contributed by atoms with Crippen molar-refractivity contribution < 1.29 is 9.32 Å². The summed E-state index contributed by atoms with van der Waals surface area (Å²) in [6.07, 6.45) is 0. The molecule has 1 aromatic carbocycles. The van der Waals surface area contributed by atoms with Gasteiger partial charge >= 0.3 is 0 Å². The molecule has 0 saturated carbocycles. The van der Waals surface area contributed by atoms with Crippen molar-refractivity contribution in [1.29, 1.82) is 0 Å². The minimum Gasteiger partial charge on any atom is -0.361 e. The molecule has 0 aliphatic carbocycles. The Morgan fingerprint density at radius 3 is 2.70 bits per heavy atom. The highest BCUT2D eigenvalue weighted by atomic mass is 79.9. The Balaban J connectivity index is 2.19. The molecule has 2 aromatic rings. The van der Waals surface area contributed by atoms with Crippen LogP contribution in [-0.4, -0.2) is 11.1 Å². The second-order valence-electron chi connectivity index (χ2n) is 4.59. The van der Waals surface area contributed by atoms with Gasteiger partial charge in [0.2, 0.25) is 0 Å². The zero-order chi connectivity index (χ0) is 14.9. The summed E-state index contributed by atoms with van der Waals surface area (Å²) in [5, 5.41) is 6.84. The van der Waals surface area contributed by atoms with E-state index in [1.54, 1.807) is 12.1 Å². The molecule has 20 heavy (non-hydrogen) atoms. The fraction of sp³-hybridized carbons (Fsp3) is 0.286. The van der Waals surface area contributed by atoms with Crippen LogP contribution in [0.15, 0.2) is 32.1 Å². The molecule has 1 N–H and O–H groups in total. The zero-order valence-corrected chi connectivity index (χ0v) is 13.9. The Kier molecular flexibility index (Phi) is 4.55. The molecule has 2 rings (SSSR count). The van der Waals surface area contributed by atoms with E-state index in [4.69, 9.17) is 4.52 Å². The summed E-state index contributed by atoms with van der Waals surface area (Å²) in [5.74, 6) is 0.548. The van der Waals surface area contributed by atoms with E-state index in [-0.39, 0.29) is 11.9 Å². The number of carbonyl (C=O) groups is 1. The number of nitrogens with one attached hydrogen (secondary N) is 1. The van der Waals surface area contributed by atoms with E-state index in [1.807, 2.05) is 26.8 Å². The van der Waals surface area contributed by atoms with Crippen molar-refractivity contribution in [2.45, 2.75) is 31.7 Å². The molecule has 106 valence electrons. The summed E-state index contributed by atoms with van der Waals surface area (Å²) in [6.45, 7) is 5.60. The number of aromatic nitrogens is 1. The van der Waals surface area contributed by atoms with Gasteiger partial charge in [-0.2, -0.15) is 0 Å². The van der Waals surface area contributed by atoms with Crippen molar-refractivity contribution in [2.75, 3.05) is 0 Å². The normalized spacial score (nSPS) is 12.2. The maximum atomic E-state index is 12.3. The molecule has 0 spiro atoms. The summed E-state index contributed by atoms with van der Waals surface area (Å²) < 4.78 is 6.01. The second-order valence-corrected chi connectivity index (χ2v) is 5.99. The van der Waals surface area contributed by atoms with E-state index in [0.717, 1.165) is 21.5 Å². The molecule has 0 saturated heterocycles. The van der Waals surface area contributed by atoms with E-state index in [1.165, 1.54) is 0 Å². The fourth-order valence-electron chi connectivity index (χ4n) is 2.15. The predicted octanol–water partition coefficient (Wildman–Crippen LogP) is 3.83. The quantitative estimate of drug-likeness (QED) is 0.823. The number of aryl methyl sites for hydroxylation is 2. The second kappa shape index (κ2) is 6.01. The van der Waals surface area contributed by atoms with E-state index >= 15 is 0 Å². The molecule has 1 unspecified atom stereocenters. The van der Waals surface area contributed by atoms with Crippen LogP contribution in [0.5, 0.6) is 0 Å². The Hall–Kier alpha value is -1.27. The van der Waals surface area contributed by atoms with E-state index in [2.05, 4.69) is 39.0 Å². The number of hydrogen-bond donors (Lipinski definition) is 2. The van der Waals surface area contributed by atoms with Crippen LogP contribution in [0.4, 0.5) is 0 Å². The minimum absolute atomic E-state index is 0.171. The van der Waals surface area contributed by atoms with Crippen LogP contribution in [0, 0.1) is 13.8 Å². The van der Waals surface area contributed by atoms with Gasteiger partial charge in [-0.05, 0) is 39.0 Å². The van der Waals surface area contributed by atoms with Gasteiger partial charge < -0.3 is 9.84 Å². The van der Waals surface area contributed by atoms with Gasteiger partial charge in [0.1, 0.15) is 5.76 Å². The predicted molar refractivity (Wildman–Crippen MR) is 83.3 cm³/mol. The number of carbonyl (C=O) groups excluding carboxylic acids is 1. The van der Waals surface area contributed by atoms with Crippen LogP contribution in [0.25, 0.3) is 0 Å². The third-order valence-electron chi connectivity index (χ3n) is 3.07. The lowest BCUT2D eigenvalue weighted by atomic mass is 10.1. The largest absolute Gasteiger partial charge is 0.361 e. The molecule has 1 atom stereocenters. The van der Waals surface area contributed by atoms with E-state index < -0.39 is 0 Å². The van der Waals surface area contributed by atoms with E-state index in [9.17, 15) is 4.79 Å². The van der Waals surface area contributed by atoms with Crippen LogP contribution in [0.2, 0.25) is 0 Å². The van der Waals surface area contributed by atoms with Gasteiger partial charge in [-0.3, -0.25) is 4.79 Å². The molecule has 1 amide bonds. The average Bonchev–Trinajstić information content (AvgIpc) is 2.68. The SMILES string of the molecule is Cc1noc(C)c1C(C)NC(=O)c1ccc(Br)cc1S. The van der Waals surface area contributed by atoms with Gasteiger partial charge in [-0.25, -0.2) is 0 Å². The van der Waals surface area contributed by atoms with Crippen LogP contribution >= 0.6 is 28.6 Å². The van der Waals surface area contributed by atoms with Crippen molar-refractivity contribution in [3.8, 4) is 0 Å². The highest BCUT2D eigenvalue weighted by Crippen LogP contribution is 2.23. The van der Waals surface area contributed by atoms with Crippen LogP contribution < -0.4 is 5.32 Å². The Morgan fingerprint density at radius 1 is 1.45 bits per heavy atom. The van der Waals surface area contributed by atoms with Gasteiger partial charge in [-0.1, -0.05) is 21.1 Å². The topological polar surface area (TPSA) is 55.1 Å². The summed E-state index contributed by atoms with van der Waals surface area (Å²) in [5.41, 5.74) is 2.24. The van der Waals surface area contributed by atoms with Crippen molar-refractivity contribution in [1.82, 2.24) is 10.5 Å². The van der Waals surface area contributed by atoms with Crippen LogP contribution in [-0.2, 0) is 0 Å². The zero-order valence-electron chi connectivity index (χ0n) is 11.4. The number of nitrogens with zero attached hydrogens (tertiary/aromatic N) is 1. The first-order valence-electron chi connectivity index (χ1n) is 6.12. The minimum atomic E-state index is -0.176. The Bertz CT molecular complexity index is 635. The molecule has 0 radical (unpaired) electrons. The van der Waals surface area contributed by atoms with Crippen molar-refractivity contribution in [3.63, 3.8) is 0 Å². The number of thiol groups is 1. The van der Waals surface area contributed by atoms with Crippen molar-refractivity contribution >= 4 is 34.5 Å². The average molecular weight is 355 g/mol. The van der Waals surface area contributed by atoms with Gasteiger partial charge in [-0.15, -0.1) is 12.6 Å². The third-order valence-corrected chi connectivity index (χ3v) is 3.94. The number of hydrogen-bond acceptors (Lipinski definition) is 4. The first-order valence-corrected chi connectivity index (χ1v) is 7.36. The summed E-state index contributed by atoms with van der Waals surface area (Å²) in [6, 6.07) is 5.17. The first kappa shape index (κ1) is 15.1. The van der Waals surface area contributed by atoms with Gasteiger partial charge in [0, 0.05) is 14.9 Å². The number of halogens is 1. The summed E-state index contributed by atoms with van der Waals surface area (Å²) in [4.78, 5) is 12.9. The molecule has 6 heteroatoms. The van der Waals surface area contributed by atoms with Crippen molar-refractivity contribution in [2.24, 2.45) is 0 Å². The van der Waals surface area contributed by atoms with Crippen molar-refractivity contribution in [3.05, 3.63) is 45.3 Å². The molecule has 0 fully saturated rings. The maximum absolute atomic E-state index is 12.3. The lowest BCUT2D eigenvalue weighted by molar-refractivity contribution is 0.0937. The summed E-state index contributed by atoms with van der Waals surface area (Å²) in [7, 11) is 0. The number of rotatable bonds is 3. The van der Waals surface area contributed by atoms with Crippen LogP contribution in [0.1, 0.15) is 40.3 Å². The molecule has 0 bridgehead atoms. The molecular formula is C14H15BrN2O2S. The number of benzene rings is 1. The summed E-state index contributed by atoms with van der Waals surface area (Å²) >= 11 is 7.67. The van der Waals surface area contributed by atoms with Gasteiger partial charge in [0.25, 0.3) is 5.91 Å². The van der Waals surface area contributed by atoms with Gasteiger partial charge in [0.15, 0.2) is 0 Å². The Morgan fingerprint density at radius 2 is 2.15 bits per heavy atom. The third kappa shape index (κ3) is 3.07. The number of amides is 1. The molecule has 4 nitrogen and oxygen atoms in total. The van der Waals surface area contributed by atoms with E-state index in [0.29, 0.717) is 10.5 Å². The molecular weight excluding hydrogens is 340 g/mol. The monoisotopic (exact) mass is 354 g/mol. The lowest BCUT2D eigenvalue weighted by Crippen LogP contribution is -2.27.